The smallest absolute Gasteiger partial charge is 0.238 e. The van der Waals surface area contributed by atoms with Crippen LogP contribution in [-0.4, -0.2) is 39.2 Å². The first-order valence-corrected chi connectivity index (χ1v) is 7.21. The number of ether oxygens (including phenoxy) is 1. The van der Waals surface area contributed by atoms with Gasteiger partial charge in [0, 0.05) is 12.7 Å². The second-order valence-electron chi connectivity index (χ2n) is 5.57. The summed E-state index contributed by atoms with van der Waals surface area (Å²) in [5, 5.41) is 6.11. The lowest BCUT2D eigenvalue weighted by molar-refractivity contribution is -0.115. The van der Waals surface area contributed by atoms with E-state index in [4.69, 9.17) is 4.74 Å². The molecule has 0 radical (unpaired) electrons. The number of carbonyl (C=O) groups excluding carboxylic acids is 1. The first kappa shape index (κ1) is 18.9. The molecule has 1 amide bonds. The third kappa shape index (κ3) is 4.93. The van der Waals surface area contributed by atoms with Gasteiger partial charge < -0.3 is 20.3 Å². The van der Waals surface area contributed by atoms with Gasteiger partial charge in [-0.3, -0.25) is 4.79 Å². The zero-order chi connectivity index (χ0) is 13.9. The molecule has 124 valence electrons. The van der Waals surface area contributed by atoms with Crippen molar-refractivity contribution in [2.75, 3.05) is 43.5 Å². The molecule has 0 aromatic heterocycles. The highest BCUT2D eigenvalue weighted by molar-refractivity contribution is 5.93. The quantitative estimate of drug-likeness (QED) is 0.857. The molecule has 22 heavy (non-hydrogen) atoms. The van der Waals surface area contributed by atoms with Gasteiger partial charge in [-0.25, -0.2) is 0 Å². The maximum absolute atomic E-state index is 11.8. The Bertz CT molecular complexity index is 510. The molecule has 7 heteroatoms. The third-order valence-electron chi connectivity index (χ3n) is 3.75. The van der Waals surface area contributed by atoms with E-state index in [-0.39, 0.29) is 30.7 Å². The number of nitrogens with zero attached hydrogens (tertiary/aromatic N) is 1. The van der Waals surface area contributed by atoms with Crippen molar-refractivity contribution in [3.63, 3.8) is 0 Å². The van der Waals surface area contributed by atoms with Crippen molar-refractivity contribution < 1.29 is 9.53 Å². The Morgan fingerprint density at radius 3 is 2.86 bits per heavy atom. The van der Waals surface area contributed by atoms with Gasteiger partial charge in [0.05, 0.1) is 18.8 Å². The molecule has 0 bridgehead atoms. The first-order chi connectivity index (χ1) is 9.72. The van der Waals surface area contributed by atoms with Crippen LogP contribution in [0.2, 0.25) is 0 Å². The molecule has 1 fully saturated rings. The van der Waals surface area contributed by atoms with Crippen molar-refractivity contribution in [1.29, 1.82) is 0 Å². The molecule has 1 saturated carbocycles. The SMILES string of the molecule is CN1CCOc2ccc(NC(=O)CNCC3CC3)cc21.Cl.Cl. The van der Waals surface area contributed by atoms with Crippen LogP contribution < -0.4 is 20.3 Å². The molecular formula is C15H23Cl2N3O2. The lowest BCUT2D eigenvalue weighted by Crippen LogP contribution is -2.30. The Morgan fingerprint density at radius 1 is 1.36 bits per heavy atom. The fourth-order valence-electron chi connectivity index (χ4n) is 2.35. The van der Waals surface area contributed by atoms with Crippen molar-refractivity contribution in [2.45, 2.75) is 12.8 Å². The normalized spacial score (nSPS) is 15.8. The molecule has 0 saturated heterocycles. The summed E-state index contributed by atoms with van der Waals surface area (Å²) >= 11 is 0. The van der Waals surface area contributed by atoms with Crippen LogP contribution in [0.5, 0.6) is 5.75 Å². The topological polar surface area (TPSA) is 53.6 Å². The molecule has 0 unspecified atom stereocenters. The van der Waals surface area contributed by atoms with Crippen LogP contribution >= 0.6 is 24.8 Å². The Kier molecular flexibility index (Phi) is 7.26. The van der Waals surface area contributed by atoms with Crippen molar-refractivity contribution in [3.8, 4) is 5.75 Å². The molecule has 0 spiro atoms. The number of hydrogen-bond acceptors (Lipinski definition) is 4. The number of hydrogen-bond donors (Lipinski definition) is 2. The Morgan fingerprint density at radius 2 is 2.14 bits per heavy atom. The lowest BCUT2D eigenvalue weighted by Gasteiger charge is -2.28. The van der Waals surface area contributed by atoms with E-state index in [1.807, 2.05) is 25.2 Å². The predicted molar refractivity (Wildman–Crippen MR) is 93.9 cm³/mol. The van der Waals surface area contributed by atoms with E-state index in [0.717, 1.165) is 36.1 Å². The largest absolute Gasteiger partial charge is 0.490 e. The number of fused-ring (bicyclic) bond motifs is 1. The Balaban J connectivity index is 0.00000121. The molecule has 5 nitrogen and oxygen atoms in total. The summed E-state index contributed by atoms with van der Waals surface area (Å²) in [6, 6.07) is 5.77. The highest BCUT2D eigenvalue weighted by atomic mass is 35.5. The summed E-state index contributed by atoms with van der Waals surface area (Å²) in [6.07, 6.45) is 2.59. The molecular weight excluding hydrogens is 325 g/mol. The summed E-state index contributed by atoms with van der Waals surface area (Å²) in [4.78, 5) is 14.0. The third-order valence-corrected chi connectivity index (χ3v) is 3.75. The molecule has 1 aromatic rings. The van der Waals surface area contributed by atoms with Crippen molar-refractivity contribution in [1.82, 2.24) is 5.32 Å². The van der Waals surface area contributed by atoms with Crippen LogP contribution in [-0.2, 0) is 4.79 Å². The average Bonchev–Trinajstić information content (AvgIpc) is 3.24. The van der Waals surface area contributed by atoms with Crippen LogP contribution in [0, 0.1) is 5.92 Å². The number of nitrogens with one attached hydrogen (secondary N) is 2. The highest BCUT2D eigenvalue weighted by Crippen LogP contribution is 2.33. The second-order valence-corrected chi connectivity index (χ2v) is 5.57. The van der Waals surface area contributed by atoms with Crippen LogP contribution in [0.1, 0.15) is 12.8 Å². The van der Waals surface area contributed by atoms with E-state index >= 15 is 0 Å². The first-order valence-electron chi connectivity index (χ1n) is 7.21. The molecule has 1 aliphatic heterocycles. The summed E-state index contributed by atoms with van der Waals surface area (Å²) in [5.41, 5.74) is 1.85. The predicted octanol–water partition coefficient (Wildman–Crippen LogP) is 2.30. The fourth-order valence-corrected chi connectivity index (χ4v) is 2.35. The van der Waals surface area contributed by atoms with Crippen LogP contribution in [0.25, 0.3) is 0 Å². The van der Waals surface area contributed by atoms with E-state index in [1.54, 1.807) is 0 Å². The second kappa shape index (κ2) is 8.46. The van der Waals surface area contributed by atoms with Crippen molar-refractivity contribution in [2.24, 2.45) is 5.92 Å². The van der Waals surface area contributed by atoms with Gasteiger partial charge in [-0.15, -0.1) is 24.8 Å². The van der Waals surface area contributed by atoms with Gasteiger partial charge in [0.15, 0.2) is 0 Å². The van der Waals surface area contributed by atoms with Gasteiger partial charge in [-0.05, 0) is 43.5 Å². The van der Waals surface area contributed by atoms with E-state index in [0.29, 0.717) is 13.2 Å². The minimum atomic E-state index is 0. The number of benzene rings is 1. The minimum absolute atomic E-state index is 0. The summed E-state index contributed by atoms with van der Waals surface area (Å²) in [7, 11) is 2.03. The zero-order valence-corrected chi connectivity index (χ0v) is 14.3. The molecule has 1 aromatic carbocycles. The molecule has 2 aliphatic rings. The molecule has 1 aliphatic carbocycles. The van der Waals surface area contributed by atoms with Crippen LogP contribution in [0.3, 0.4) is 0 Å². The van der Waals surface area contributed by atoms with E-state index in [9.17, 15) is 4.79 Å². The molecule has 0 atom stereocenters. The number of amides is 1. The average molecular weight is 348 g/mol. The number of halogens is 2. The number of rotatable bonds is 5. The lowest BCUT2D eigenvalue weighted by atomic mass is 10.2. The van der Waals surface area contributed by atoms with Gasteiger partial charge in [0.1, 0.15) is 12.4 Å². The Hall–Kier alpha value is -1.17. The van der Waals surface area contributed by atoms with Gasteiger partial charge in [-0.1, -0.05) is 0 Å². The van der Waals surface area contributed by atoms with Gasteiger partial charge in [0.25, 0.3) is 0 Å². The van der Waals surface area contributed by atoms with Crippen molar-refractivity contribution >= 4 is 42.1 Å². The number of carbonyl (C=O) groups is 1. The van der Waals surface area contributed by atoms with E-state index < -0.39 is 0 Å². The zero-order valence-electron chi connectivity index (χ0n) is 12.6. The number of likely N-dealkylation sites (N-methyl/N-ethyl adjacent to an activating group) is 1. The standard InChI is InChI=1S/C15H21N3O2.2ClH/c1-18-6-7-20-14-5-4-12(8-13(14)18)17-15(19)10-16-9-11-2-3-11;;/h4-5,8,11,16H,2-3,6-7,9-10H2,1H3,(H,17,19);2*1H. The number of anilines is 2. The minimum Gasteiger partial charge on any atom is -0.490 e. The molecule has 2 N–H and O–H groups in total. The summed E-state index contributed by atoms with van der Waals surface area (Å²) < 4.78 is 5.59. The van der Waals surface area contributed by atoms with Crippen molar-refractivity contribution in [3.05, 3.63) is 18.2 Å². The van der Waals surface area contributed by atoms with E-state index in [1.165, 1.54) is 12.8 Å². The summed E-state index contributed by atoms with van der Waals surface area (Å²) in [5.74, 6) is 1.67. The van der Waals surface area contributed by atoms with Crippen LogP contribution in [0.15, 0.2) is 18.2 Å². The highest BCUT2D eigenvalue weighted by Gasteiger charge is 2.20. The molecule has 1 heterocycles. The summed E-state index contributed by atoms with van der Waals surface area (Å²) in [6.45, 7) is 2.90. The monoisotopic (exact) mass is 347 g/mol. The van der Waals surface area contributed by atoms with Gasteiger partial charge in [0.2, 0.25) is 5.91 Å². The maximum Gasteiger partial charge on any atom is 0.238 e. The van der Waals surface area contributed by atoms with Crippen LogP contribution in [0.4, 0.5) is 11.4 Å². The fraction of sp³-hybridized carbons (Fsp3) is 0.533. The van der Waals surface area contributed by atoms with Gasteiger partial charge >= 0.3 is 0 Å². The van der Waals surface area contributed by atoms with Gasteiger partial charge in [-0.2, -0.15) is 0 Å². The molecule has 3 rings (SSSR count). The van der Waals surface area contributed by atoms with E-state index in [2.05, 4.69) is 15.5 Å². The maximum atomic E-state index is 11.8. The Labute approximate surface area is 143 Å².